The van der Waals surface area contributed by atoms with Crippen molar-refractivity contribution in [2.24, 2.45) is 0 Å². The zero-order valence-electron chi connectivity index (χ0n) is 13.5. The summed E-state index contributed by atoms with van der Waals surface area (Å²) in [5.74, 6) is -0.118. The molecule has 124 valence electrons. The Kier molecular flexibility index (Phi) is 3.99. The van der Waals surface area contributed by atoms with E-state index in [1.54, 1.807) is 6.20 Å². The first-order valence-electron chi connectivity index (χ1n) is 7.81. The van der Waals surface area contributed by atoms with Gasteiger partial charge in [0.2, 0.25) is 11.0 Å². The van der Waals surface area contributed by atoms with Gasteiger partial charge in [-0.2, -0.15) is 0 Å². The number of carbonyl (C=O) groups excluding carboxylic acids is 1. The fraction of sp³-hybridized carbons (Fsp3) is 0.111. The topological polar surface area (TPSA) is 83.6 Å². The van der Waals surface area contributed by atoms with Crippen molar-refractivity contribution in [3.05, 3.63) is 59.9 Å². The summed E-state index contributed by atoms with van der Waals surface area (Å²) >= 11 is 1.31. The van der Waals surface area contributed by atoms with Crippen LogP contribution in [0.5, 0.6) is 0 Å². The van der Waals surface area contributed by atoms with Gasteiger partial charge in [-0.05, 0) is 36.2 Å². The van der Waals surface area contributed by atoms with E-state index in [1.807, 2.05) is 49.5 Å². The van der Waals surface area contributed by atoms with Gasteiger partial charge in [0.25, 0.3) is 0 Å². The van der Waals surface area contributed by atoms with Crippen LogP contribution in [-0.4, -0.2) is 26.1 Å². The van der Waals surface area contributed by atoms with Crippen molar-refractivity contribution in [3.8, 4) is 10.7 Å². The third-order valence-corrected chi connectivity index (χ3v) is 4.76. The minimum absolute atomic E-state index is 0.118. The highest BCUT2D eigenvalue weighted by atomic mass is 32.1. The first-order chi connectivity index (χ1) is 12.2. The van der Waals surface area contributed by atoms with Crippen LogP contribution in [0.1, 0.15) is 11.1 Å². The van der Waals surface area contributed by atoms with E-state index in [1.165, 1.54) is 11.3 Å². The summed E-state index contributed by atoms with van der Waals surface area (Å²) in [4.78, 5) is 19.8. The molecule has 0 aliphatic carbocycles. The lowest BCUT2D eigenvalue weighted by Crippen LogP contribution is -2.14. The van der Waals surface area contributed by atoms with Crippen molar-refractivity contribution in [1.82, 2.24) is 20.2 Å². The van der Waals surface area contributed by atoms with Crippen LogP contribution in [0.15, 0.2) is 48.8 Å². The fourth-order valence-corrected chi connectivity index (χ4v) is 3.53. The number of nitrogens with one attached hydrogen (secondary N) is 2. The Balaban J connectivity index is 1.50. The Morgan fingerprint density at radius 2 is 2.12 bits per heavy atom. The maximum absolute atomic E-state index is 12.4. The molecule has 6 nitrogen and oxygen atoms in total. The lowest BCUT2D eigenvalue weighted by molar-refractivity contribution is -0.115. The zero-order chi connectivity index (χ0) is 17.2. The number of rotatable bonds is 4. The molecule has 2 N–H and O–H groups in total. The number of hydrogen-bond donors (Lipinski definition) is 2. The van der Waals surface area contributed by atoms with Gasteiger partial charge < -0.3 is 10.3 Å². The highest BCUT2D eigenvalue weighted by Gasteiger charge is 2.13. The number of aromatic nitrogens is 4. The molecule has 0 fully saturated rings. The summed E-state index contributed by atoms with van der Waals surface area (Å²) in [5, 5.41) is 13.2. The molecule has 4 aromatic rings. The first kappa shape index (κ1) is 15.5. The summed E-state index contributed by atoms with van der Waals surface area (Å²) in [6.07, 6.45) is 3.87. The van der Waals surface area contributed by atoms with E-state index in [4.69, 9.17) is 0 Å². The molecule has 0 saturated carbocycles. The van der Waals surface area contributed by atoms with Gasteiger partial charge in [0, 0.05) is 23.3 Å². The molecule has 3 heterocycles. The van der Waals surface area contributed by atoms with Gasteiger partial charge in [-0.25, -0.2) is 0 Å². The SMILES string of the molecule is Cc1cccc2[nH]cc(CC(=O)Nc3nnc(-c4ccccn4)s3)c12. The second-order valence-corrected chi connectivity index (χ2v) is 6.64. The molecule has 0 radical (unpaired) electrons. The van der Waals surface area contributed by atoms with Gasteiger partial charge in [-0.15, -0.1) is 10.2 Å². The van der Waals surface area contributed by atoms with Crippen LogP contribution in [0.25, 0.3) is 21.6 Å². The van der Waals surface area contributed by atoms with E-state index < -0.39 is 0 Å². The molecule has 0 saturated heterocycles. The predicted octanol–water partition coefficient (Wildman–Crippen LogP) is 3.57. The highest BCUT2D eigenvalue weighted by Crippen LogP contribution is 2.25. The van der Waals surface area contributed by atoms with E-state index >= 15 is 0 Å². The molecule has 25 heavy (non-hydrogen) atoms. The number of pyridine rings is 1. The number of anilines is 1. The predicted molar refractivity (Wildman–Crippen MR) is 98.5 cm³/mol. The summed E-state index contributed by atoms with van der Waals surface area (Å²) in [6.45, 7) is 2.04. The molecule has 0 unspecified atom stereocenters. The summed E-state index contributed by atoms with van der Waals surface area (Å²) in [6, 6.07) is 11.6. The second kappa shape index (κ2) is 6.45. The molecular weight excluding hydrogens is 334 g/mol. The second-order valence-electron chi connectivity index (χ2n) is 5.66. The van der Waals surface area contributed by atoms with Crippen molar-refractivity contribution < 1.29 is 4.79 Å². The summed E-state index contributed by atoms with van der Waals surface area (Å²) in [5.41, 5.74) is 3.90. The number of aryl methyl sites for hydroxylation is 1. The van der Waals surface area contributed by atoms with Gasteiger partial charge in [0.15, 0.2) is 5.01 Å². The van der Waals surface area contributed by atoms with Crippen molar-refractivity contribution in [2.75, 3.05) is 5.32 Å². The molecule has 0 bridgehead atoms. The molecule has 1 aromatic carbocycles. The Labute approximate surface area is 148 Å². The third kappa shape index (κ3) is 3.14. The number of fused-ring (bicyclic) bond motifs is 1. The average Bonchev–Trinajstić information content (AvgIpc) is 3.24. The number of H-pyrrole nitrogens is 1. The number of aromatic amines is 1. The highest BCUT2D eigenvalue weighted by molar-refractivity contribution is 7.18. The van der Waals surface area contributed by atoms with Gasteiger partial charge in [-0.3, -0.25) is 9.78 Å². The molecule has 0 aliphatic heterocycles. The monoisotopic (exact) mass is 349 g/mol. The molecule has 4 rings (SSSR count). The van der Waals surface area contributed by atoms with Gasteiger partial charge in [0.05, 0.1) is 6.42 Å². The first-order valence-corrected chi connectivity index (χ1v) is 8.63. The van der Waals surface area contributed by atoms with Crippen LogP contribution in [0.3, 0.4) is 0 Å². The van der Waals surface area contributed by atoms with Crippen LogP contribution < -0.4 is 5.32 Å². The molecule has 3 aromatic heterocycles. The zero-order valence-corrected chi connectivity index (χ0v) is 14.3. The smallest absolute Gasteiger partial charge is 0.230 e. The Morgan fingerprint density at radius 1 is 1.20 bits per heavy atom. The molecule has 1 amide bonds. The quantitative estimate of drug-likeness (QED) is 0.590. The largest absolute Gasteiger partial charge is 0.361 e. The van der Waals surface area contributed by atoms with E-state index in [0.717, 1.165) is 27.7 Å². The molecule has 0 aliphatic rings. The van der Waals surface area contributed by atoms with E-state index in [9.17, 15) is 4.79 Å². The Morgan fingerprint density at radius 3 is 2.96 bits per heavy atom. The normalized spacial score (nSPS) is 10.9. The number of benzene rings is 1. The maximum Gasteiger partial charge on any atom is 0.230 e. The van der Waals surface area contributed by atoms with Gasteiger partial charge >= 0.3 is 0 Å². The molecular formula is C18H15N5OS. The van der Waals surface area contributed by atoms with Gasteiger partial charge in [0.1, 0.15) is 5.69 Å². The number of amides is 1. The summed E-state index contributed by atoms with van der Waals surface area (Å²) < 4.78 is 0. The van der Waals surface area contributed by atoms with Crippen LogP contribution in [-0.2, 0) is 11.2 Å². The van der Waals surface area contributed by atoms with E-state index in [0.29, 0.717) is 10.1 Å². The van der Waals surface area contributed by atoms with Crippen LogP contribution in [0, 0.1) is 6.92 Å². The summed E-state index contributed by atoms with van der Waals surface area (Å²) in [7, 11) is 0. The lowest BCUT2D eigenvalue weighted by Gasteiger charge is -2.02. The minimum atomic E-state index is -0.118. The molecule has 0 atom stereocenters. The van der Waals surface area contributed by atoms with Gasteiger partial charge in [-0.1, -0.05) is 29.5 Å². The lowest BCUT2D eigenvalue weighted by atomic mass is 10.1. The Bertz CT molecular complexity index is 1040. The van der Waals surface area contributed by atoms with Crippen LogP contribution >= 0.6 is 11.3 Å². The minimum Gasteiger partial charge on any atom is -0.361 e. The number of hydrogen-bond acceptors (Lipinski definition) is 5. The van der Waals surface area contributed by atoms with Crippen molar-refractivity contribution in [2.45, 2.75) is 13.3 Å². The standard InChI is InChI=1S/C18H15N5OS/c1-11-5-4-7-13-16(11)12(10-20-13)9-15(24)21-18-23-22-17(25-18)14-6-2-3-8-19-14/h2-8,10,20H,9H2,1H3,(H,21,23,24). The molecule has 0 spiro atoms. The number of carbonyl (C=O) groups is 1. The fourth-order valence-electron chi connectivity index (χ4n) is 2.79. The van der Waals surface area contributed by atoms with Crippen molar-refractivity contribution in [1.29, 1.82) is 0 Å². The van der Waals surface area contributed by atoms with Crippen molar-refractivity contribution >= 4 is 33.3 Å². The Hall–Kier alpha value is -3.06. The van der Waals surface area contributed by atoms with E-state index in [-0.39, 0.29) is 12.3 Å². The maximum atomic E-state index is 12.4. The van der Waals surface area contributed by atoms with Crippen LogP contribution in [0.2, 0.25) is 0 Å². The number of nitrogens with zero attached hydrogens (tertiary/aromatic N) is 3. The third-order valence-electron chi connectivity index (χ3n) is 3.90. The van der Waals surface area contributed by atoms with E-state index in [2.05, 4.69) is 25.5 Å². The van der Waals surface area contributed by atoms with Crippen molar-refractivity contribution in [3.63, 3.8) is 0 Å². The average molecular weight is 349 g/mol. The van der Waals surface area contributed by atoms with Crippen LogP contribution in [0.4, 0.5) is 5.13 Å². The molecule has 7 heteroatoms.